The molecule has 0 aromatic heterocycles. The van der Waals surface area contributed by atoms with E-state index in [1.807, 2.05) is 36.4 Å². The Morgan fingerprint density at radius 1 is 1.24 bits per heavy atom. The number of ether oxygens (including phenoxy) is 2. The number of halogens is 1. The molecule has 0 unspecified atom stereocenters. The Balaban J connectivity index is 1.75. The van der Waals surface area contributed by atoms with Gasteiger partial charge in [0.15, 0.2) is 6.23 Å². The SMILES string of the molecule is COc1cccc(C2=NN3[C@@H](C2)c2cc(Cl)ccc2O[C@H]3C(C)C)c1. The fourth-order valence-corrected chi connectivity index (χ4v) is 3.68. The van der Waals surface area contributed by atoms with Crippen molar-refractivity contribution in [3.63, 3.8) is 0 Å². The van der Waals surface area contributed by atoms with Crippen LogP contribution in [0, 0.1) is 5.92 Å². The Morgan fingerprint density at radius 2 is 2.08 bits per heavy atom. The molecule has 2 aromatic rings. The number of fused-ring (bicyclic) bond motifs is 3. The molecular formula is C20H21ClN2O2. The van der Waals surface area contributed by atoms with Crippen LogP contribution in [0.3, 0.4) is 0 Å². The molecule has 0 N–H and O–H groups in total. The van der Waals surface area contributed by atoms with E-state index in [0.29, 0.717) is 5.92 Å². The van der Waals surface area contributed by atoms with Gasteiger partial charge in [-0.2, -0.15) is 5.10 Å². The van der Waals surface area contributed by atoms with Gasteiger partial charge in [0.1, 0.15) is 11.5 Å². The Labute approximate surface area is 153 Å². The molecule has 0 amide bonds. The highest BCUT2D eigenvalue weighted by atomic mass is 35.5. The summed E-state index contributed by atoms with van der Waals surface area (Å²) in [5.74, 6) is 2.07. The van der Waals surface area contributed by atoms with E-state index >= 15 is 0 Å². The molecule has 4 rings (SSSR count). The third-order valence-electron chi connectivity index (χ3n) is 4.75. The fourth-order valence-electron chi connectivity index (χ4n) is 3.50. The Bertz CT molecular complexity index is 834. The molecule has 2 heterocycles. The first-order chi connectivity index (χ1) is 12.1. The van der Waals surface area contributed by atoms with Crippen LogP contribution in [0.15, 0.2) is 47.6 Å². The van der Waals surface area contributed by atoms with Gasteiger partial charge in [-0.25, -0.2) is 5.01 Å². The van der Waals surface area contributed by atoms with E-state index in [1.54, 1.807) is 7.11 Å². The van der Waals surface area contributed by atoms with Crippen LogP contribution in [-0.2, 0) is 0 Å². The predicted molar refractivity (Wildman–Crippen MR) is 99.4 cm³/mol. The Hall–Kier alpha value is -2.20. The molecule has 0 saturated carbocycles. The van der Waals surface area contributed by atoms with Crippen molar-refractivity contribution in [2.75, 3.05) is 7.11 Å². The van der Waals surface area contributed by atoms with Crippen molar-refractivity contribution in [2.24, 2.45) is 11.0 Å². The number of hydrogen-bond donors (Lipinski definition) is 0. The summed E-state index contributed by atoms with van der Waals surface area (Å²) >= 11 is 6.23. The second-order valence-electron chi connectivity index (χ2n) is 6.81. The van der Waals surface area contributed by atoms with E-state index < -0.39 is 0 Å². The van der Waals surface area contributed by atoms with Crippen molar-refractivity contribution in [2.45, 2.75) is 32.5 Å². The molecule has 5 heteroatoms. The summed E-state index contributed by atoms with van der Waals surface area (Å²) in [6.45, 7) is 4.31. The predicted octanol–water partition coefficient (Wildman–Crippen LogP) is 4.87. The number of hydrogen-bond acceptors (Lipinski definition) is 4. The average Bonchev–Trinajstić information content (AvgIpc) is 3.06. The van der Waals surface area contributed by atoms with Crippen LogP contribution in [-0.4, -0.2) is 24.1 Å². The zero-order valence-corrected chi connectivity index (χ0v) is 15.3. The number of benzene rings is 2. The molecule has 4 nitrogen and oxygen atoms in total. The van der Waals surface area contributed by atoms with E-state index in [-0.39, 0.29) is 12.3 Å². The Morgan fingerprint density at radius 3 is 2.84 bits per heavy atom. The van der Waals surface area contributed by atoms with Gasteiger partial charge in [-0.3, -0.25) is 0 Å². The minimum absolute atomic E-state index is 0.0817. The highest BCUT2D eigenvalue weighted by molar-refractivity contribution is 6.30. The van der Waals surface area contributed by atoms with Crippen molar-refractivity contribution >= 4 is 17.3 Å². The van der Waals surface area contributed by atoms with Gasteiger partial charge < -0.3 is 9.47 Å². The van der Waals surface area contributed by atoms with Gasteiger partial charge >= 0.3 is 0 Å². The van der Waals surface area contributed by atoms with Crippen molar-refractivity contribution in [1.82, 2.24) is 5.01 Å². The van der Waals surface area contributed by atoms with E-state index in [0.717, 1.165) is 39.8 Å². The maximum atomic E-state index is 6.23. The highest BCUT2D eigenvalue weighted by Gasteiger charge is 2.41. The van der Waals surface area contributed by atoms with Gasteiger partial charge in [0.05, 0.1) is 18.9 Å². The van der Waals surface area contributed by atoms with Crippen molar-refractivity contribution < 1.29 is 9.47 Å². The normalized spacial score (nSPS) is 21.5. The third kappa shape index (κ3) is 2.85. The molecule has 0 saturated heterocycles. The molecule has 0 aliphatic carbocycles. The minimum atomic E-state index is -0.0817. The molecule has 0 spiro atoms. The van der Waals surface area contributed by atoms with Gasteiger partial charge in [-0.05, 0) is 30.3 Å². The van der Waals surface area contributed by atoms with Gasteiger partial charge in [0.25, 0.3) is 0 Å². The lowest BCUT2D eigenvalue weighted by Crippen LogP contribution is -2.43. The number of hydrazone groups is 1. The summed E-state index contributed by atoms with van der Waals surface area (Å²) in [7, 11) is 1.68. The Kier molecular flexibility index (Phi) is 4.08. The maximum Gasteiger partial charge on any atom is 0.190 e. The zero-order valence-electron chi connectivity index (χ0n) is 14.6. The van der Waals surface area contributed by atoms with Crippen molar-refractivity contribution in [1.29, 1.82) is 0 Å². The first-order valence-electron chi connectivity index (χ1n) is 8.53. The third-order valence-corrected chi connectivity index (χ3v) is 4.99. The molecule has 2 aliphatic rings. The second-order valence-corrected chi connectivity index (χ2v) is 7.25. The first-order valence-corrected chi connectivity index (χ1v) is 8.91. The summed E-state index contributed by atoms with van der Waals surface area (Å²) in [5, 5.41) is 7.73. The second kappa shape index (κ2) is 6.26. The van der Waals surface area contributed by atoms with Gasteiger partial charge in [-0.15, -0.1) is 0 Å². The monoisotopic (exact) mass is 356 g/mol. The average molecular weight is 357 g/mol. The van der Waals surface area contributed by atoms with Crippen molar-refractivity contribution in [3.8, 4) is 11.5 Å². The molecule has 25 heavy (non-hydrogen) atoms. The van der Waals surface area contributed by atoms with Crippen LogP contribution in [0.25, 0.3) is 0 Å². The lowest BCUT2D eigenvalue weighted by atomic mass is 9.95. The maximum absolute atomic E-state index is 6.23. The molecule has 2 atom stereocenters. The first kappa shape index (κ1) is 16.3. The topological polar surface area (TPSA) is 34.1 Å². The van der Waals surface area contributed by atoms with Crippen molar-refractivity contribution in [3.05, 3.63) is 58.6 Å². The number of rotatable bonds is 3. The number of methoxy groups -OCH3 is 1. The molecule has 0 fully saturated rings. The molecule has 2 aromatic carbocycles. The van der Waals surface area contributed by atoms with Gasteiger partial charge in [-0.1, -0.05) is 37.6 Å². The largest absolute Gasteiger partial charge is 0.497 e. The molecule has 130 valence electrons. The van der Waals surface area contributed by atoms with Crippen LogP contribution >= 0.6 is 11.6 Å². The van der Waals surface area contributed by atoms with E-state index in [2.05, 4.69) is 24.9 Å². The van der Waals surface area contributed by atoms with Gasteiger partial charge in [0, 0.05) is 28.5 Å². The van der Waals surface area contributed by atoms with Crippen LogP contribution < -0.4 is 9.47 Å². The molecule has 0 bridgehead atoms. The lowest BCUT2D eigenvalue weighted by molar-refractivity contribution is -0.0461. The fraction of sp³-hybridized carbons (Fsp3) is 0.350. The number of nitrogens with zero attached hydrogens (tertiary/aromatic N) is 2. The van der Waals surface area contributed by atoms with Gasteiger partial charge in [0.2, 0.25) is 0 Å². The lowest BCUT2D eigenvalue weighted by Gasteiger charge is -2.40. The quantitative estimate of drug-likeness (QED) is 0.786. The minimum Gasteiger partial charge on any atom is -0.497 e. The van der Waals surface area contributed by atoms with E-state index in [1.165, 1.54) is 0 Å². The smallest absolute Gasteiger partial charge is 0.190 e. The summed E-state index contributed by atoms with van der Waals surface area (Å²) in [4.78, 5) is 0. The van der Waals surface area contributed by atoms with Crippen LogP contribution in [0.5, 0.6) is 11.5 Å². The van der Waals surface area contributed by atoms with E-state index in [4.69, 9.17) is 26.2 Å². The summed E-state index contributed by atoms with van der Waals surface area (Å²) < 4.78 is 11.6. The highest BCUT2D eigenvalue weighted by Crippen LogP contribution is 2.45. The molecular weight excluding hydrogens is 336 g/mol. The molecule has 0 radical (unpaired) electrons. The summed E-state index contributed by atoms with van der Waals surface area (Å²) in [6.07, 6.45) is 0.745. The summed E-state index contributed by atoms with van der Waals surface area (Å²) in [5.41, 5.74) is 3.23. The van der Waals surface area contributed by atoms with Crippen LogP contribution in [0.2, 0.25) is 5.02 Å². The standard InChI is InChI=1S/C20H21ClN2O2/c1-12(2)20-23-18(16-10-14(21)7-8-19(16)25-20)11-17(22-23)13-5-4-6-15(9-13)24-3/h4-10,12,18,20H,11H2,1-3H3/t18-,20-/m0/s1. The van der Waals surface area contributed by atoms with Crippen LogP contribution in [0.1, 0.15) is 37.4 Å². The van der Waals surface area contributed by atoms with E-state index in [9.17, 15) is 0 Å². The zero-order chi connectivity index (χ0) is 17.6. The summed E-state index contributed by atoms with van der Waals surface area (Å²) in [6, 6.07) is 14.0. The van der Waals surface area contributed by atoms with Crippen LogP contribution in [0.4, 0.5) is 0 Å². The molecule has 2 aliphatic heterocycles.